The number of aryl methyl sites for hydroxylation is 1. The minimum absolute atomic E-state index is 0.949. The molecular formula is C19H28O. The van der Waals surface area contributed by atoms with Gasteiger partial charge in [0, 0.05) is 0 Å². The van der Waals surface area contributed by atoms with Crippen LogP contribution in [0.1, 0.15) is 57.4 Å². The molecule has 0 N–H and O–H groups in total. The fraction of sp³-hybridized carbons (Fsp3) is 0.579. The third kappa shape index (κ3) is 4.70. The lowest BCUT2D eigenvalue weighted by atomic mass is 9.84. The second kappa shape index (κ2) is 8.14. The normalized spacial score (nSPS) is 18.7. The summed E-state index contributed by atoms with van der Waals surface area (Å²) in [6.07, 6.45) is 13.1. The Morgan fingerprint density at radius 2 is 1.95 bits per heavy atom. The Bertz CT molecular complexity index is 416. The van der Waals surface area contributed by atoms with Gasteiger partial charge in [-0.2, -0.15) is 0 Å². The molecule has 0 bridgehead atoms. The minimum atomic E-state index is 0.949. The van der Waals surface area contributed by atoms with Crippen molar-refractivity contribution in [2.24, 2.45) is 5.92 Å². The first-order chi connectivity index (χ1) is 9.81. The first-order valence-electron chi connectivity index (χ1n) is 8.12. The van der Waals surface area contributed by atoms with E-state index in [4.69, 9.17) is 4.74 Å². The zero-order valence-corrected chi connectivity index (χ0v) is 13.0. The smallest absolute Gasteiger partial charge is 0.118 e. The lowest BCUT2D eigenvalue weighted by molar-refractivity contribution is 0.414. The molecular weight excluding hydrogens is 244 g/mol. The quantitative estimate of drug-likeness (QED) is 0.592. The molecule has 1 aliphatic carbocycles. The fourth-order valence-corrected chi connectivity index (χ4v) is 3.02. The molecule has 0 radical (unpaired) electrons. The number of benzene rings is 1. The van der Waals surface area contributed by atoms with Crippen LogP contribution in [0.15, 0.2) is 35.9 Å². The molecule has 20 heavy (non-hydrogen) atoms. The van der Waals surface area contributed by atoms with Crippen LogP contribution in [0.4, 0.5) is 0 Å². The summed E-state index contributed by atoms with van der Waals surface area (Å²) < 4.78 is 5.20. The highest BCUT2D eigenvalue weighted by atomic mass is 16.5. The Morgan fingerprint density at radius 3 is 2.55 bits per heavy atom. The van der Waals surface area contributed by atoms with Crippen molar-refractivity contribution in [3.63, 3.8) is 0 Å². The van der Waals surface area contributed by atoms with Gasteiger partial charge in [-0.1, -0.05) is 50.0 Å². The van der Waals surface area contributed by atoms with Gasteiger partial charge in [-0.05, 0) is 55.7 Å². The Kier molecular flexibility index (Phi) is 6.17. The topological polar surface area (TPSA) is 9.23 Å². The molecule has 1 heteroatoms. The van der Waals surface area contributed by atoms with E-state index >= 15 is 0 Å². The summed E-state index contributed by atoms with van der Waals surface area (Å²) in [6.45, 7) is 2.29. The van der Waals surface area contributed by atoms with Crippen molar-refractivity contribution in [3.05, 3.63) is 41.5 Å². The maximum atomic E-state index is 5.20. The SMILES string of the molecule is CCCCC1CC=C(CCc2ccc(OC)cc2)CC1. The number of unbranched alkanes of at least 4 members (excludes halogenated alkanes) is 1. The highest BCUT2D eigenvalue weighted by molar-refractivity contribution is 5.27. The summed E-state index contributed by atoms with van der Waals surface area (Å²) in [4.78, 5) is 0. The maximum absolute atomic E-state index is 5.20. The molecule has 2 rings (SSSR count). The molecule has 0 saturated carbocycles. The molecule has 0 aromatic heterocycles. The Morgan fingerprint density at radius 1 is 1.15 bits per heavy atom. The minimum Gasteiger partial charge on any atom is -0.497 e. The Balaban J connectivity index is 1.75. The largest absolute Gasteiger partial charge is 0.497 e. The lowest BCUT2D eigenvalue weighted by Crippen LogP contribution is -2.06. The van der Waals surface area contributed by atoms with E-state index in [1.807, 2.05) is 0 Å². The summed E-state index contributed by atoms with van der Waals surface area (Å²) in [5, 5.41) is 0. The fourth-order valence-electron chi connectivity index (χ4n) is 3.02. The molecule has 0 spiro atoms. The van der Waals surface area contributed by atoms with Gasteiger partial charge in [-0.25, -0.2) is 0 Å². The van der Waals surface area contributed by atoms with E-state index < -0.39 is 0 Å². The van der Waals surface area contributed by atoms with Crippen LogP contribution in [0.5, 0.6) is 5.75 Å². The van der Waals surface area contributed by atoms with Crippen molar-refractivity contribution in [1.29, 1.82) is 0 Å². The van der Waals surface area contributed by atoms with Crippen LogP contribution < -0.4 is 4.74 Å². The number of rotatable bonds is 7. The maximum Gasteiger partial charge on any atom is 0.118 e. The summed E-state index contributed by atoms with van der Waals surface area (Å²) >= 11 is 0. The standard InChI is InChI=1S/C19H28O/c1-3-4-5-16-6-8-17(9-7-16)10-11-18-12-14-19(20-2)15-13-18/h8,12-16H,3-7,9-11H2,1-2H3. The van der Waals surface area contributed by atoms with Gasteiger partial charge in [0.2, 0.25) is 0 Å². The van der Waals surface area contributed by atoms with Crippen LogP contribution in [0, 0.1) is 5.92 Å². The Labute approximate surface area is 124 Å². The van der Waals surface area contributed by atoms with Gasteiger partial charge in [0.15, 0.2) is 0 Å². The van der Waals surface area contributed by atoms with Gasteiger partial charge in [-0.3, -0.25) is 0 Å². The molecule has 0 fully saturated rings. The predicted octanol–water partition coefficient (Wildman–Crippen LogP) is 5.54. The Hall–Kier alpha value is -1.24. The van der Waals surface area contributed by atoms with Crippen molar-refractivity contribution < 1.29 is 4.74 Å². The van der Waals surface area contributed by atoms with Gasteiger partial charge in [0.05, 0.1) is 7.11 Å². The molecule has 1 atom stereocenters. The molecule has 1 aliphatic rings. The number of hydrogen-bond acceptors (Lipinski definition) is 1. The van der Waals surface area contributed by atoms with Gasteiger partial charge in [0.25, 0.3) is 0 Å². The third-order valence-corrected chi connectivity index (χ3v) is 4.47. The highest BCUT2D eigenvalue weighted by Gasteiger charge is 2.13. The van der Waals surface area contributed by atoms with Crippen molar-refractivity contribution in [3.8, 4) is 5.75 Å². The van der Waals surface area contributed by atoms with Crippen molar-refractivity contribution in [1.82, 2.24) is 0 Å². The van der Waals surface area contributed by atoms with E-state index in [2.05, 4.69) is 37.3 Å². The van der Waals surface area contributed by atoms with Gasteiger partial charge in [-0.15, -0.1) is 0 Å². The summed E-state index contributed by atoms with van der Waals surface area (Å²) in [5.74, 6) is 1.91. The van der Waals surface area contributed by atoms with Crippen LogP contribution in [-0.2, 0) is 6.42 Å². The average molecular weight is 272 g/mol. The van der Waals surface area contributed by atoms with Crippen LogP contribution in [-0.4, -0.2) is 7.11 Å². The van der Waals surface area contributed by atoms with Crippen LogP contribution in [0.3, 0.4) is 0 Å². The van der Waals surface area contributed by atoms with E-state index in [0.717, 1.165) is 18.1 Å². The second-order valence-electron chi connectivity index (χ2n) is 5.99. The van der Waals surface area contributed by atoms with E-state index in [1.54, 1.807) is 12.7 Å². The first-order valence-corrected chi connectivity index (χ1v) is 8.12. The van der Waals surface area contributed by atoms with E-state index in [0.29, 0.717) is 0 Å². The van der Waals surface area contributed by atoms with E-state index in [-0.39, 0.29) is 0 Å². The third-order valence-electron chi connectivity index (χ3n) is 4.47. The molecule has 110 valence electrons. The number of ether oxygens (including phenoxy) is 1. The molecule has 1 aromatic carbocycles. The molecule has 1 nitrogen and oxygen atoms in total. The molecule has 0 aliphatic heterocycles. The zero-order valence-electron chi connectivity index (χ0n) is 13.0. The number of allylic oxidation sites excluding steroid dienone is 2. The molecule has 1 unspecified atom stereocenters. The number of hydrogen-bond donors (Lipinski definition) is 0. The van der Waals surface area contributed by atoms with Crippen molar-refractivity contribution in [2.45, 2.75) is 58.3 Å². The van der Waals surface area contributed by atoms with Gasteiger partial charge >= 0.3 is 0 Å². The predicted molar refractivity (Wildman–Crippen MR) is 86.3 cm³/mol. The summed E-state index contributed by atoms with van der Waals surface area (Å²) in [5.41, 5.74) is 3.09. The van der Waals surface area contributed by atoms with Crippen LogP contribution >= 0.6 is 0 Å². The molecule has 0 amide bonds. The monoisotopic (exact) mass is 272 g/mol. The van der Waals surface area contributed by atoms with Crippen LogP contribution in [0.2, 0.25) is 0 Å². The highest BCUT2D eigenvalue weighted by Crippen LogP contribution is 2.29. The second-order valence-corrected chi connectivity index (χ2v) is 5.99. The molecule has 0 heterocycles. The number of methoxy groups -OCH3 is 1. The summed E-state index contributed by atoms with van der Waals surface area (Å²) in [7, 11) is 1.72. The molecule has 0 saturated heterocycles. The summed E-state index contributed by atoms with van der Waals surface area (Å²) in [6, 6.07) is 8.50. The average Bonchev–Trinajstić information content (AvgIpc) is 2.52. The van der Waals surface area contributed by atoms with Gasteiger partial charge in [0.1, 0.15) is 5.75 Å². The van der Waals surface area contributed by atoms with Gasteiger partial charge < -0.3 is 4.74 Å². The van der Waals surface area contributed by atoms with Crippen molar-refractivity contribution >= 4 is 0 Å². The van der Waals surface area contributed by atoms with Crippen molar-refractivity contribution in [2.75, 3.05) is 7.11 Å². The van der Waals surface area contributed by atoms with E-state index in [9.17, 15) is 0 Å². The van der Waals surface area contributed by atoms with Crippen LogP contribution in [0.25, 0.3) is 0 Å². The lowest BCUT2D eigenvalue weighted by Gasteiger charge is -2.21. The zero-order chi connectivity index (χ0) is 14.2. The molecule has 1 aromatic rings. The first kappa shape index (κ1) is 15.2. The van der Waals surface area contributed by atoms with E-state index in [1.165, 1.54) is 50.5 Å².